The molecule has 0 radical (unpaired) electrons. The van der Waals surface area contributed by atoms with Crippen LogP contribution in [0, 0.1) is 0 Å². The van der Waals surface area contributed by atoms with Gasteiger partial charge >= 0.3 is 5.97 Å². The summed E-state index contributed by atoms with van der Waals surface area (Å²) in [6.07, 6.45) is 3.74. The Balaban J connectivity index is 0. The maximum absolute atomic E-state index is 11.8. The first-order chi connectivity index (χ1) is 9.59. The summed E-state index contributed by atoms with van der Waals surface area (Å²) in [5.74, 6) is -0.802. The van der Waals surface area contributed by atoms with Crippen LogP contribution in [0.25, 0.3) is 0 Å². The number of halogens is 2. The van der Waals surface area contributed by atoms with Gasteiger partial charge < -0.3 is 34.2 Å². The van der Waals surface area contributed by atoms with E-state index in [1.54, 1.807) is 0 Å². The molecule has 11 heteroatoms. The van der Waals surface area contributed by atoms with Gasteiger partial charge in [0.25, 0.3) is 0 Å². The van der Waals surface area contributed by atoms with Gasteiger partial charge in [-0.25, -0.2) is 9.36 Å². The second-order valence-corrected chi connectivity index (χ2v) is 5.85. The number of thioether (sulfide) groups is 1. The van der Waals surface area contributed by atoms with Crippen LogP contribution in [0.5, 0.6) is 0 Å². The van der Waals surface area contributed by atoms with Gasteiger partial charge in [-0.15, -0.1) is 24.2 Å². The molecule has 0 bridgehead atoms. The SMILES string of the molecule is Cl.NC1C(=O)N2C(C(=O)O)=C(C[n+]3ccccc3)CSC12.O.O.[Cl-]. The number of pyridine rings is 1. The number of nitrogens with zero attached hydrogens (tertiary/aromatic N) is 2. The van der Waals surface area contributed by atoms with Gasteiger partial charge in [0.05, 0.1) is 0 Å². The third kappa shape index (κ3) is 4.18. The summed E-state index contributed by atoms with van der Waals surface area (Å²) in [6, 6.07) is 5.07. The van der Waals surface area contributed by atoms with Crippen LogP contribution in [-0.4, -0.2) is 50.0 Å². The average molecular weight is 400 g/mol. The van der Waals surface area contributed by atoms with E-state index in [0.717, 1.165) is 5.57 Å². The monoisotopic (exact) mass is 399 g/mol. The Morgan fingerprint density at radius 1 is 1.33 bits per heavy atom. The molecule has 2 unspecified atom stereocenters. The molecule has 0 spiro atoms. The summed E-state index contributed by atoms with van der Waals surface area (Å²) in [5, 5.41) is 9.16. The molecule has 2 aliphatic heterocycles. The van der Waals surface area contributed by atoms with Crippen molar-refractivity contribution in [2.45, 2.75) is 18.0 Å². The molecule has 8 nitrogen and oxygen atoms in total. The minimum Gasteiger partial charge on any atom is -1.00 e. The van der Waals surface area contributed by atoms with Crippen molar-refractivity contribution in [1.82, 2.24) is 4.90 Å². The molecule has 0 aromatic carbocycles. The van der Waals surface area contributed by atoms with Crippen LogP contribution in [0.1, 0.15) is 0 Å². The van der Waals surface area contributed by atoms with E-state index >= 15 is 0 Å². The van der Waals surface area contributed by atoms with E-state index < -0.39 is 12.0 Å². The molecule has 1 fully saturated rings. The number of carbonyl (C=O) groups is 2. The predicted octanol–water partition coefficient (Wildman–Crippen LogP) is -4.67. The van der Waals surface area contributed by atoms with Crippen LogP contribution < -0.4 is 22.7 Å². The van der Waals surface area contributed by atoms with Crippen LogP contribution in [0.2, 0.25) is 0 Å². The third-order valence-electron chi connectivity index (χ3n) is 3.44. The van der Waals surface area contributed by atoms with Gasteiger partial charge in [0.15, 0.2) is 18.9 Å². The molecule has 136 valence electrons. The summed E-state index contributed by atoms with van der Waals surface area (Å²) in [6.45, 7) is 0.460. The fourth-order valence-electron chi connectivity index (χ4n) is 2.46. The Labute approximate surface area is 155 Å². The van der Waals surface area contributed by atoms with Crippen molar-refractivity contribution in [1.29, 1.82) is 0 Å². The number of hydrogen-bond donors (Lipinski definition) is 2. The maximum Gasteiger partial charge on any atom is 0.352 e. The molecular weight excluding hydrogens is 381 g/mol. The molecule has 3 heterocycles. The molecular formula is C13H19Cl2N3O5S. The van der Waals surface area contributed by atoms with Gasteiger partial charge in [-0.3, -0.25) is 9.69 Å². The first-order valence-electron chi connectivity index (χ1n) is 6.19. The molecule has 2 aliphatic rings. The number of nitrogens with two attached hydrogens (primary N) is 1. The number of hydrogen-bond acceptors (Lipinski definition) is 4. The first-order valence-corrected chi connectivity index (χ1v) is 7.24. The van der Waals surface area contributed by atoms with E-state index in [4.69, 9.17) is 5.73 Å². The lowest BCUT2D eigenvalue weighted by Gasteiger charge is -2.47. The van der Waals surface area contributed by atoms with Crippen molar-refractivity contribution >= 4 is 36.0 Å². The van der Waals surface area contributed by atoms with E-state index in [1.807, 2.05) is 35.2 Å². The lowest BCUT2D eigenvalue weighted by molar-refractivity contribution is -0.689. The topological polar surface area (TPSA) is 151 Å². The Kier molecular flexibility index (Phi) is 10.2. The number of β-lactam (4-membered cyclic amide) rings is 1. The van der Waals surface area contributed by atoms with Gasteiger partial charge in [0.2, 0.25) is 5.91 Å². The predicted molar refractivity (Wildman–Crippen MR) is 86.8 cm³/mol. The highest BCUT2D eigenvalue weighted by molar-refractivity contribution is 8.00. The molecule has 1 saturated heterocycles. The number of amides is 1. The van der Waals surface area contributed by atoms with E-state index in [-0.39, 0.29) is 52.7 Å². The van der Waals surface area contributed by atoms with Crippen molar-refractivity contribution in [3.05, 3.63) is 41.9 Å². The third-order valence-corrected chi connectivity index (χ3v) is 4.80. The van der Waals surface area contributed by atoms with E-state index in [0.29, 0.717) is 12.3 Å². The summed E-state index contributed by atoms with van der Waals surface area (Å²) in [5.41, 5.74) is 6.53. The van der Waals surface area contributed by atoms with Gasteiger partial charge in [0, 0.05) is 23.5 Å². The van der Waals surface area contributed by atoms with Crippen LogP contribution in [0.4, 0.5) is 0 Å². The van der Waals surface area contributed by atoms with Crippen molar-refractivity contribution in [2.24, 2.45) is 5.73 Å². The molecule has 1 aromatic heterocycles. The van der Waals surface area contributed by atoms with Crippen molar-refractivity contribution in [3.63, 3.8) is 0 Å². The van der Waals surface area contributed by atoms with Gasteiger partial charge in [-0.1, -0.05) is 6.07 Å². The van der Waals surface area contributed by atoms with Crippen molar-refractivity contribution in [2.75, 3.05) is 5.75 Å². The molecule has 2 atom stereocenters. The zero-order valence-electron chi connectivity index (χ0n) is 12.4. The number of carboxylic acids is 1. The van der Waals surface area contributed by atoms with Crippen molar-refractivity contribution < 1.29 is 42.6 Å². The Morgan fingerprint density at radius 2 is 1.92 bits per heavy atom. The van der Waals surface area contributed by atoms with Crippen LogP contribution >= 0.6 is 24.2 Å². The number of fused-ring (bicyclic) bond motifs is 1. The number of carbonyl (C=O) groups excluding carboxylic acids is 1. The van der Waals surface area contributed by atoms with E-state index in [2.05, 4.69) is 0 Å². The maximum atomic E-state index is 11.8. The smallest absolute Gasteiger partial charge is 0.352 e. The Morgan fingerprint density at radius 3 is 2.46 bits per heavy atom. The number of rotatable bonds is 3. The highest BCUT2D eigenvalue weighted by Gasteiger charge is 2.52. The van der Waals surface area contributed by atoms with Crippen LogP contribution in [0.3, 0.4) is 0 Å². The highest BCUT2D eigenvalue weighted by Crippen LogP contribution is 2.39. The lowest BCUT2D eigenvalue weighted by Crippen LogP contribution is -3.00. The molecule has 1 amide bonds. The zero-order chi connectivity index (χ0) is 14.3. The molecule has 24 heavy (non-hydrogen) atoms. The molecule has 0 saturated carbocycles. The summed E-state index contributed by atoms with van der Waals surface area (Å²) in [7, 11) is 0. The summed E-state index contributed by atoms with van der Waals surface area (Å²) >= 11 is 1.52. The second-order valence-electron chi connectivity index (χ2n) is 4.74. The largest absolute Gasteiger partial charge is 1.00 e. The van der Waals surface area contributed by atoms with E-state index in [9.17, 15) is 14.7 Å². The summed E-state index contributed by atoms with van der Waals surface area (Å²) in [4.78, 5) is 24.6. The minimum atomic E-state index is -1.07. The number of aromatic nitrogens is 1. The standard InChI is InChI=1S/C13H13N3O3S.2ClH.2H2O/c14-9-11(17)16-10(13(18)19)8(7-20-12(9)16)6-15-4-2-1-3-5-15;;;;/h1-5,9,12H,6-7,14H2;2*1H;2*1H2. The minimum absolute atomic E-state index is 0. The molecule has 1 aromatic rings. The van der Waals surface area contributed by atoms with Crippen LogP contribution in [-0.2, 0) is 16.1 Å². The van der Waals surface area contributed by atoms with Crippen molar-refractivity contribution in [3.8, 4) is 0 Å². The Hall–Kier alpha value is -1.36. The number of carboxylic acid groups (broad SMARTS) is 1. The number of aliphatic carboxylic acids is 1. The quantitative estimate of drug-likeness (QED) is 0.386. The van der Waals surface area contributed by atoms with E-state index in [1.165, 1.54) is 16.7 Å². The molecule has 7 N–H and O–H groups in total. The average Bonchev–Trinajstić information content (AvgIpc) is 2.46. The van der Waals surface area contributed by atoms with Gasteiger partial charge in [-0.05, 0) is 0 Å². The summed E-state index contributed by atoms with van der Waals surface area (Å²) < 4.78 is 1.89. The lowest BCUT2D eigenvalue weighted by atomic mass is 10.0. The molecule has 0 aliphatic carbocycles. The van der Waals surface area contributed by atoms with Crippen LogP contribution in [0.15, 0.2) is 41.9 Å². The zero-order valence-corrected chi connectivity index (χ0v) is 14.8. The van der Waals surface area contributed by atoms with Gasteiger partial charge in [-0.2, -0.15) is 0 Å². The fourth-order valence-corrected chi connectivity index (χ4v) is 3.74. The molecule has 3 rings (SSSR count). The first kappa shape index (κ1) is 24.9. The van der Waals surface area contributed by atoms with Gasteiger partial charge in [0.1, 0.15) is 17.1 Å². The second kappa shape index (κ2) is 9.82. The fraction of sp³-hybridized carbons (Fsp3) is 0.308. The normalized spacial score (nSPS) is 21.0. The highest BCUT2D eigenvalue weighted by atomic mass is 35.5. The Bertz CT molecular complexity index is 617.